The second-order valence-corrected chi connectivity index (χ2v) is 7.89. The van der Waals surface area contributed by atoms with Gasteiger partial charge in [0.05, 0.1) is 19.1 Å². The number of halogens is 1. The lowest BCUT2D eigenvalue weighted by Gasteiger charge is -2.22. The number of esters is 1. The third kappa shape index (κ3) is 3.83. The Morgan fingerprint density at radius 3 is 2.54 bits per heavy atom. The van der Waals surface area contributed by atoms with Gasteiger partial charge in [-0.25, -0.2) is 13.2 Å². The molecule has 136 valence electrons. The van der Waals surface area contributed by atoms with Crippen LogP contribution in [0.1, 0.15) is 23.7 Å². The Bertz CT molecular complexity index is 710. The van der Waals surface area contributed by atoms with Crippen LogP contribution >= 0.6 is 12.4 Å². The molecule has 0 bridgehead atoms. The van der Waals surface area contributed by atoms with E-state index in [4.69, 9.17) is 10.5 Å². The van der Waals surface area contributed by atoms with E-state index in [0.717, 1.165) is 6.42 Å². The summed E-state index contributed by atoms with van der Waals surface area (Å²) < 4.78 is 36.7. The van der Waals surface area contributed by atoms with Crippen LogP contribution in [0.15, 0.2) is 23.1 Å². The first-order chi connectivity index (χ1) is 10.8. The third-order valence-corrected chi connectivity index (χ3v) is 6.07. The number of carbonyl (C=O) groups is 1. The Morgan fingerprint density at radius 2 is 2.04 bits per heavy atom. The summed E-state index contributed by atoms with van der Waals surface area (Å²) >= 11 is 0. The summed E-state index contributed by atoms with van der Waals surface area (Å²) in [7, 11) is -1.03. The second-order valence-electron chi connectivity index (χ2n) is 5.96. The van der Waals surface area contributed by atoms with Crippen LogP contribution in [0.2, 0.25) is 0 Å². The second kappa shape index (κ2) is 7.69. The fraction of sp³-hybridized carbons (Fsp3) is 0.533. The van der Waals surface area contributed by atoms with Gasteiger partial charge in [0, 0.05) is 19.2 Å². The average molecular weight is 379 g/mol. The molecule has 2 N–H and O–H groups in total. The number of hydrogen-bond acceptors (Lipinski definition) is 6. The molecule has 1 aromatic carbocycles. The van der Waals surface area contributed by atoms with Gasteiger partial charge in [-0.3, -0.25) is 0 Å². The average Bonchev–Trinajstić information content (AvgIpc) is 2.97. The fourth-order valence-electron chi connectivity index (χ4n) is 2.61. The van der Waals surface area contributed by atoms with Gasteiger partial charge >= 0.3 is 5.97 Å². The largest absolute Gasteiger partial charge is 0.496 e. The predicted molar refractivity (Wildman–Crippen MR) is 92.1 cm³/mol. The molecule has 1 fully saturated rings. The van der Waals surface area contributed by atoms with Crippen LogP contribution in [-0.4, -0.2) is 52.5 Å². The summed E-state index contributed by atoms with van der Waals surface area (Å²) in [6.45, 7) is 3.22. The number of sulfonamides is 1. The topological polar surface area (TPSA) is 98.9 Å². The number of ether oxygens (including phenoxy) is 2. The first-order valence-electron chi connectivity index (χ1n) is 7.24. The molecule has 0 radical (unpaired) electrons. The van der Waals surface area contributed by atoms with Crippen molar-refractivity contribution < 1.29 is 22.7 Å². The highest BCUT2D eigenvalue weighted by Crippen LogP contribution is 2.33. The highest BCUT2D eigenvalue weighted by Gasteiger charge is 2.39. The molecule has 1 unspecified atom stereocenters. The molecule has 0 aliphatic carbocycles. The van der Waals surface area contributed by atoms with Crippen molar-refractivity contribution in [1.82, 2.24) is 4.31 Å². The van der Waals surface area contributed by atoms with Crippen molar-refractivity contribution in [2.75, 3.05) is 33.9 Å². The molecule has 2 rings (SSSR count). The Kier molecular flexibility index (Phi) is 6.63. The minimum atomic E-state index is -3.66. The van der Waals surface area contributed by atoms with Crippen molar-refractivity contribution >= 4 is 28.4 Å². The van der Waals surface area contributed by atoms with Crippen LogP contribution in [0.3, 0.4) is 0 Å². The van der Waals surface area contributed by atoms with E-state index in [1.165, 1.54) is 36.7 Å². The SMILES string of the molecule is COC(=O)c1ccc(S(=O)(=O)N2CCC(C)(CN)C2)cc1OC.Cl. The molecule has 0 saturated carbocycles. The lowest BCUT2D eigenvalue weighted by atomic mass is 9.90. The Morgan fingerprint density at radius 1 is 1.38 bits per heavy atom. The molecule has 1 atom stereocenters. The number of carbonyl (C=O) groups excluding carboxylic acids is 1. The van der Waals surface area contributed by atoms with Crippen molar-refractivity contribution in [3.8, 4) is 5.75 Å². The lowest BCUT2D eigenvalue weighted by Crippen LogP contribution is -2.34. The summed E-state index contributed by atoms with van der Waals surface area (Å²) in [4.78, 5) is 11.7. The van der Waals surface area contributed by atoms with Crippen molar-refractivity contribution in [2.24, 2.45) is 11.1 Å². The van der Waals surface area contributed by atoms with E-state index < -0.39 is 16.0 Å². The maximum atomic E-state index is 12.8. The van der Waals surface area contributed by atoms with E-state index in [9.17, 15) is 13.2 Å². The molecule has 1 aromatic rings. The van der Waals surface area contributed by atoms with E-state index in [1.807, 2.05) is 6.92 Å². The van der Waals surface area contributed by atoms with Gasteiger partial charge in [-0.1, -0.05) is 6.92 Å². The van der Waals surface area contributed by atoms with Crippen LogP contribution in [-0.2, 0) is 14.8 Å². The van der Waals surface area contributed by atoms with E-state index >= 15 is 0 Å². The molecular weight excluding hydrogens is 356 g/mol. The molecule has 1 heterocycles. The van der Waals surface area contributed by atoms with E-state index in [2.05, 4.69) is 4.74 Å². The normalized spacial score (nSPS) is 21.2. The van der Waals surface area contributed by atoms with Gasteiger partial charge in [-0.15, -0.1) is 12.4 Å². The van der Waals surface area contributed by atoms with Gasteiger partial charge in [-0.05, 0) is 30.5 Å². The maximum Gasteiger partial charge on any atom is 0.341 e. The smallest absolute Gasteiger partial charge is 0.341 e. The molecular formula is C15H23ClN2O5S. The summed E-state index contributed by atoms with van der Waals surface area (Å²) in [5, 5.41) is 0. The Balaban J connectivity index is 0.00000288. The van der Waals surface area contributed by atoms with Gasteiger partial charge in [-0.2, -0.15) is 4.31 Å². The standard InChI is InChI=1S/C15H22N2O5S.ClH/c1-15(9-16)6-7-17(10-15)23(19,20)11-4-5-12(14(18)22-3)13(8-11)21-2;/h4-5,8H,6-7,9-10,16H2,1-3H3;1H. The van der Waals surface area contributed by atoms with Gasteiger partial charge in [0.25, 0.3) is 0 Å². The quantitative estimate of drug-likeness (QED) is 0.774. The fourth-order valence-corrected chi connectivity index (χ4v) is 4.22. The molecule has 0 aromatic heterocycles. The maximum absolute atomic E-state index is 12.8. The number of hydrogen-bond donors (Lipinski definition) is 1. The van der Waals surface area contributed by atoms with E-state index in [-0.39, 0.29) is 34.0 Å². The first-order valence-corrected chi connectivity index (χ1v) is 8.68. The highest BCUT2D eigenvalue weighted by atomic mass is 35.5. The van der Waals surface area contributed by atoms with Crippen LogP contribution in [0.4, 0.5) is 0 Å². The molecule has 9 heteroatoms. The summed E-state index contributed by atoms with van der Waals surface area (Å²) in [5.41, 5.74) is 5.71. The summed E-state index contributed by atoms with van der Waals surface area (Å²) in [6, 6.07) is 4.14. The number of nitrogens with zero attached hydrogens (tertiary/aromatic N) is 1. The Hall–Kier alpha value is -1.35. The minimum absolute atomic E-state index is 0. The van der Waals surface area contributed by atoms with Crippen molar-refractivity contribution in [3.63, 3.8) is 0 Å². The molecule has 1 saturated heterocycles. The molecule has 1 aliphatic rings. The predicted octanol–water partition coefficient (Wildman–Crippen LogP) is 1.26. The van der Waals surface area contributed by atoms with Crippen molar-refractivity contribution in [3.05, 3.63) is 23.8 Å². The molecule has 24 heavy (non-hydrogen) atoms. The zero-order valence-electron chi connectivity index (χ0n) is 13.9. The van der Waals surface area contributed by atoms with E-state index in [1.54, 1.807) is 0 Å². The molecule has 0 amide bonds. The zero-order chi connectivity index (χ0) is 17.3. The number of benzene rings is 1. The molecule has 7 nitrogen and oxygen atoms in total. The molecule has 1 aliphatic heterocycles. The Labute approximate surface area is 148 Å². The number of rotatable bonds is 5. The van der Waals surface area contributed by atoms with Crippen LogP contribution in [0.5, 0.6) is 5.75 Å². The third-order valence-electron chi connectivity index (χ3n) is 4.23. The van der Waals surface area contributed by atoms with Gasteiger partial charge in [0.2, 0.25) is 10.0 Å². The monoisotopic (exact) mass is 378 g/mol. The zero-order valence-corrected chi connectivity index (χ0v) is 15.6. The van der Waals surface area contributed by atoms with Crippen LogP contribution in [0, 0.1) is 5.41 Å². The van der Waals surface area contributed by atoms with Crippen molar-refractivity contribution in [1.29, 1.82) is 0 Å². The number of nitrogens with two attached hydrogens (primary N) is 1. The first kappa shape index (κ1) is 20.7. The van der Waals surface area contributed by atoms with Gasteiger partial charge in [0.1, 0.15) is 11.3 Å². The van der Waals surface area contributed by atoms with Gasteiger partial charge < -0.3 is 15.2 Å². The number of methoxy groups -OCH3 is 2. The van der Waals surface area contributed by atoms with E-state index in [0.29, 0.717) is 19.6 Å². The summed E-state index contributed by atoms with van der Waals surface area (Å²) in [6.07, 6.45) is 0.722. The minimum Gasteiger partial charge on any atom is -0.496 e. The highest BCUT2D eigenvalue weighted by molar-refractivity contribution is 7.89. The van der Waals surface area contributed by atoms with Crippen LogP contribution < -0.4 is 10.5 Å². The van der Waals surface area contributed by atoms with Gasteiger partial charge in [0.15, 0.2) is 0 Å². The van der Waals surface area contributed by atoms with Crippen LogP contribution in [0.25, 0.3) is 0 Å². The molecule has 0 spiro atoms. The van der Waals surface area contributed by atoms with Crippen molar-refractivity contribution in [2.45, 2.75) is 18.2 Å². The summed E-state index contributed by atoms with van der Waals surface area (Å²) in [5.74, 6) is -0.415. The lowest BCUT2D eigenvalue weighted by molar-refractivity contribution is 0.0597.